The quantitative estimate of drug-likeness (QED) is 0.537. The number of rotatable bonds is 3. The van der Waals surface area contributed by atoms with E-state index in [9.17, 15) is 4.79 Å². The molecule has 3 nitrogen and oxygen atoms in total. The van der Waals surface area contributed by atoms with Crippen LogP contribution in [-0.4, -0.2) is 17.6 Å². The highest BCUT2D eigenvalue weighted by atomic mass is 16.6. The molecule has 1 atom stereocenters. The van der Waals surface area contributed by atoms with Crippen molar-refractivity contribution in [3.63, 3.8) is 0 Å². The molecule has 0 aromatic rings. The Kier molecular flexibility index (Phi) is 4.14. The summed E-state index contributed by atoms with van der Waals surface area (Å²) in [5, 5.41) is 0. The lowest BCUT2D eigenvalue weighted by Gasteiger charge is -2.22. The number of esters is 1. The molecule has 0 fully saturated rings. The van der Waals surface area contributed by atoms with Crippen molar-refractivity contribution < 1.29 is 9.53 Å². The molecule has 0 aliphatic heterocycles. The third-order valence-electron chi connectivity index (χ3n) is 1.28. The van der Waals surface area contributed by atoms with Crippen molar-refractivity contribution in [2.75, 3.05) is 0 Å². The standard InChI is InChI=1S/C10H19NO2/c1-7(2)6-8(11)9(12)13-10(3,4)5/h8H,1,6,11H2,2-5H3. The van der Waals surface area contributed by atoms with Gasteiger partial charge in [-0.3, -0.25) is 4.79 Å². The molecule has 0 radical (unpaired) electrons. The topological polar surface area (TPSA) is 52.3 Å². The molecule has 1 unspecified atom stereocenters. The number of ether oxygens (including phenoxy) is 1. The van der Waals surface area contributed by atoms with E-state index < -0.39 is 11.6 Å². The minimum absolute atomic E-state index is 0.365. The maximum absolute atomic E-state index is 11.3. The smallest absolute Gasteiger partial charge is 0.323 e. The lowest BCUT2D eigenvalue weighted by molar-refractivity contribution is -0.156. The van der Waals surface area contributed by atoms with Gasteiger partial charge in [-0.05, 0) is 34.1 Å². The normalized spacial score (nSPS) is 13.6. The van der Waals surface area contributed by atoms with Gasteiger partial charge in [0.2, 0.25) is 0 Å². The van der Waals surface area contributed by atoms with Crippen LogP contribution in [0.25, 0.3) is 0 Å². The van der Waals surface area contributed by atoms with Gasteiger partial charge < -0.3 is 10.5 Å². The van der Waals surface area contributed by atoms with Crippen LogP contribution in [0.15, 0.2) is 12.2 Å². The lowest BCUT2D eigenvalue weighted by Crippen LogP contribution is -2.37. The number of carbonyl (C=O) groups is 1. The minimum Gasteiger partial charge on any atom is -0.459 e. The van der Waals surface area contributed by atoms with Crippen LogP contribution in [0.3, 0.4) is 0 Å². The predicted octanol–water partition coefficient (Wildman–Crippen LogP) is 1.62. The maximum atomic E-state index is 11.3. The average Bonchev–Trinajstić information content (AvgIpc) is 1.81. The largest absolute Gasteiger partial charge is 0.459 e. The van der Waals surface area contributed by atoms with Crippen molar-refractivity contribution >= 4 is 5.97 Å². The van der Waals surface area contributed by atoms with Crippen molar-refractivity contribution in [1.29, 1.82) is 0 Å². The molecule has 13 heavy (non-hydrogen) atoms. The zero-order valence-electron chi connectivity index (χ0n) is 8.89. The van der Waals surface area contributed by atoms with Gasteiger partial charge in [-0.25, -0.2) is 0 Å². The Morgan fingerprint density at radius 1 is 1.54 bits per heavy atom. The molecule has 0 heterocycles. The van der Waals surface area contributed by atoms with Crippen LogP contribution in [0.5, 0.6) is 0 Å². The van der Waals surface area contributed by atoms with Gasteiger partial charge in [0.15, 0.2) is 0 Å². The van der Waals surface area contributed by atoms with Gasteiger partial charge in [-0.1, -0.05) is 5.57 Å². The lowest BCUT2D eigenvalue weighted by atomic mass is 10.1. The van der Waals surface area contributed by atoms with Crippen molar-refractivity contribution in [3.8, 4) is 0 Å². The zero-order valence-corrected chi connectivity index (χ0v) is 8.89. The summed E-state index contributed by atoms with van der Waals surface area (Å²) in [5.74, 6) is -0.365. The Morgan fingerprint density at radius 2 is 2.00 bits per heavy atom. The molecule has 0 spiro atoms. The van der Waals surface area contributed by atoms with Crippen LogP contribution in [0.1, 0.15) is 34.1 Å². The molecule has 2 N–H and O–H groups in total. The van der Waals surface area contributed by atoms with E-state index in [-0.39, 0.29) is 5.97 Å². The Labute approximate surface area is 79.9 Å². The predicted molar refractivity (Wildman–Crippen MR) is 53.3 cm³/mol. The molecule has 0 bridgehead atoms. The zero-order chi connectivity index (χ0) is 10.6. The van der Waals surface area contributed by atoms with Crippen LogP contribution in [-0.2, 0) is 9.53 Å². The molecule has 0 aliphatic rings. The summed E-state index contributed by atoms with van der Waals surface area (Å²) >= 11 is 0. The number of nitrogens with two attached hydrogens (primary N) is 1. The monoisotopic (exact) mass is 185 g/mol. The van der Waals surface area contributed by atoms with E-state index in [4.69, 9.17) is 10.5 Å². The second-order valence-electron chi connectivity index (χ2n) is 4.30. The van der Waals surface area contributed by atoms with Gasteiger partial charge in [-0.2, -0.15) is 0 Å². The van der Waals surface area contributed by atoms with Gasteiger partial charge >= 0.3 is 5.97 Å². The van der Waals surface area contributed by atoms with Gasteiger partial charge in [0.05, 0.1) is 0 Å². The van der Waals surface area contributed by atoms with E-state index in [1.165, 1.54) is 0 Å². The fraction of sp³-hybridized carbons (Fsp3) is 0.700. The molecule has 0 aliphatic carbocycles. The Balaban J connectivity index is 4.05. The average molecular weight is 185 g/mol. The summed E-state index contributed by atoms with van der Waals surface area (Å²) in [6.07, 6.45) is 0.481. The second-order valence-corrected chi connectivity index (χ2v) is 4.30. The van der Waals surface area contributed by atoms with E-state index >= 15 is 0 Å². The van der Waals surface area contributed by atoms with Crippen molar-refractivity contribution in [2.24, 2.45) is 5.73 Å². The van der Waals surface area contributed by atoms with Gasteiger partial charge in [0.25, 0.3) is 0 Å². The molecule has 0 aromatic heterocycles. The van der Waals surface area contributed by atoms with E-state index in [0.29, 0.717) is 6.42 Å². The number of carbonyl (C=O) groups excluding carboxylic acids is 1. The fourth-order valence-electron chi connectivity index (χ4n) is 0.836. The SMILES string of the molecule is C=C(C)CC(N)C(=O)OC(C)(C)C. The number of hydrogen-bond acceptors (Lipinski definition) is 3. The highest BCUT2D eigenvalue weighted by molar-refractivity contribution is 5.76. The van der Waals surface area contributed by atoms with Crippen molar-refractivity contribution in [1.82, 2.24) is 0 Å². The van der Waals surface area contributed by atoms with Crippen molar-refractivity contribution in [2.45, 2.75) is 45.8 Å². The molecular formula is C10H19NO2. The summed E-state index contributed by atoms with van der Waals surface area (Å²) in [5.41, 5.74) is 6.01. The highest BCUT2D eigenvalue weighted by Gasteiger charge is 2.21. The second kappa shape index (κ2) is 4.42. The van der Waals surface area contributed by atoms with Gasteiger partial charge in [0.1, 0.15) is 11.6 Å². The summed E-state index contributed by atoms with van der Waals surface area (Å²) in [4.78, 5) is 11.3. The van der Waals surface area contributed by atoms with Crippen LogP contribution < -0.4 is 5.73 Å². The Hall–Kier alpha value is -0.830. The van der Waals surface area contributed by atoms with E-state index in [0.717, 1.165) is 5.57 Å². The van der Waals surface area contributed by atoms with Crippen LogP contribution in [0.2, 0.25) is 0 Å². The van der Waals surface area contributed by atoms with E-state index in [1.54, 1.807) is 0 Å². The summed E-state index contributed by atoms with van der Waals surface area (Å²) in [6, 6.07) is -0.586. The third-order valence-corrected chi connectivity index (χ3v) is 1.28. The van der Waals surface area contributed by atoms with Crippen LogP contribution in [0, 0.1) is 0 Å². The molecule has 0 saturated carbocycles. The molecule has 76 valence electrons. The minimum atomic E-state index is -0.586. The molecule has 3 heteroatoms. The first-order valence-electron chi connectivity index (χ1n) is 4.35. The molecular weight excluding hydrogens is 166 g/mol. The summed E-state index contributed by atoms with van der Waals surface area (Å²) < 4.78 is 5.10. The first kappa shape index (κ1) is 12.2. The first-order chi connectivity index (χ1) is 5.72. The maximum Gasteiger partial charge on any atom is 0.323 e. The molecule has 0 saturated heterocycles. The molecule has 0 rings (SSSR count). The Morgan fingerprint density at radius 3 is 2.31 bits per heavy atom. The Bertz CT molecular complexity index is 203. The summed E-state index contributed by atoms with van der Waals surface area (Å²) in [7, 11) is 0. The van der Waals surface area contributed by atoms with E-state index in [1.807, 2.05) is 27.7 Å². The number of hydrogen-bond donors (Lipinski definition) is 1. The molecule has 0 amide bonds. The van der Waals surface area contributed by atoms with Crippen LogP contribution >= 0.6 is 0 Å². The van der Waals surface area contributed by atoms with Crippen molar-refractivity contribution in [3.05, 3.63) is 12.2 Å². The highest BCUT2D eigenvalue weighted by Crippen LogP contribution is 2.10. The molecule has 0 aromatic carbocycles. The van der Waals surface area contributed by atoms with Gasteiger partial charge in [-0.15, -0.1) is 6.58 Å². The third kappa shape index (κ3) is 6.34. The van der Waals surface area contributed by atoms with Crippen LogP contribution in [0.4, 0.5) is 0 Å². The first-order valence-corrected chi connectivity index (χ1v) is 4.35. The van der Waals surface area contributed by atoms with Gasteiger partial charge in [0, 0.05) is 0 Å². The van der Waals surface area contributed by atoms with E-state index in [2.05, 4.69) is 6.58 Å². The fourth-order valence-corrected chi connectivity index (χ4v) is 0.836. The summed E-state index contributed by atoms with van der Waals surface area (Å²) in [6.45, 7) is 11.0.